The number of aryl methyl sites for hydroxylation is 1. The van der Waals surface area contributed by atoms with E-state index in [0.29, 0.717) is 5.56 Å². The van der Waals surface area contributed by atoms with Gasteiger partial charge in [-0.15, -0.1) is 0 Å². The highest BCUT2D eigenvalue weighted by atomic mass is 19.1. The van der Waals surface area contributed by atoms with Crippen LogP contribution in [0.15, 0.2) is 12.1 Å². The zero-order valence-corrected chi connectivity index (χ0v) is 5.99. The summed E-state index contributed by atoms with van der Waals surface area (Å²) in [5.74, 6) is 3.52. The predicted molar refractivity (Wildman–Crippen MR) is 38.9 cm³/mol. The van der Waals surface area contributed by atoms with Crippen LogP contribution in [-0.2, 0) is 0 Å². The summed E-state index contributed by atoms with van der Waals surface area (Å²) in [6.45, 7) is 1.60. The van der Waals surface area contributed by atoms with Crippen LogP contribution < -0.4 is 11.3 Å². The Morgan fingerprint density at radius 2 is 1.73 bits per heavy atom. The zero-order valence-electron chi connectivity index (χ0n) is 5.99. The van der Waals surface area contributed by atoms with Crippen molar-refractivity contribution >= 4 is 5.69 Å². The largest absolute Gasteiger partial charge is 0.319 e. The Hall–Kier alpha value is -1.16. The molecule has 1 aromatic carbocycles. The van der Waals surface area contributed by atoms with Crippen LogP contribution in [0.4, 0.5) is 14.5 Å². The summed E-state index contributed by atoms with van der Waals surface area (Å²) in [7, 11) is 0. The molecule has 11 heavy (non-hydrogen) atoms. The van der Waals surface area contributed by atoms with Gasteiger partial charge in [-0.2, -0.15) is 0 Å². The number of nitrogen functional groups attached to an aromatic ring is 1. The quantitative estimate of drug-likeness (QED) is 0.480. The smallest absolute Gasteiger partial charge is 0.150 e. The van der Waals surface area contributed by atoms with Crippen molar-refractivity contribution in [2.24, 2.45) is 5.84 Å². The van der Waals surface area contributed by atoms with Crippen molar-refractivity contribution in [2.75, 3.05) is 5.43 Å². The van der Waals surface area contributed by atoms with Crippen LogP contribution in [0.5, 0.6) is 0 Å². The minimum Gasteiger partial charge on any atom is -0.319 e. The molecule has 0 saturated heterocycles. The van der Waals surface area contributed by atoms with Gasteiger partial charge >= 0.3 is 0 Å². The molecular weight excluding hydrogens is 150 g/mol. The number of hydrogen-bond acceptors (Lipinski definition) is 2. The molecule has 0 bridgehead atoms. The van der Waals surface area contributed by atoms with Crippen molar-refractivity contribution in [3.05, 3.63) is 29.3 Å². The van der Waals surface area contributed by atoms with Crippen molar-refractivity contribution in [2.45, 2.75) is 6.92 Å². The number of benzene rings is 1. The van der Waals surface area contributed by atoms with Crippen LogP contribution in [0.2, 0.25) is 0 Å². The Morgan fingerprint density at radius 3 is 2.09 bits per heavy atom. The first-order valence-electron chi connectivity index (χ1n) is 3.07. The summed E-state index contributed by atoms with van der Waals surface area (Å²) in [5.41, 5.74) is 2.17. The van der Waals surface area contributed by atoms with E-state index < -0.39 is 11.6 Å². The molecule has 0 heterocycles. The number of hydrogen-bond donors (Lipinski definition) is 2. The molecule has 0 spiro atoms. The van der Waals surface area contributed by atoms with Gasteiger partial charge in [-0.05, 0) is 24.6 Å². The first-order chi connectivity index (χ1) is 5.15. The number of halogens is 2. The van der Waals surface area contributed by atoms with Crippen LogP contribution >= 0.6 is 0 Å². The summed E-state index contributed by atoms with van der Waals surface area (Å²) in [6, 6.07) is 2.41. The zero-order chi connectivity index (χ0) is 8.43. The fourth-order valence-corrected chi connectivity index (χ4v) is 0.838. The average molecular weight is 158 g/mol. The van der Waals surface area contributed by atoms with Crippen LogP contribution in [0.1, 0.15) is 5.56 Å². The van der Waals surface area contributed by atoms with E-state index in [4.69, 9.17) is 5.84 Å². The Labute approximate surface area is 63.0 Å². The maximum atomic E-state index is 12.7. The monoisotopic (exact) mass is 158 g/mol. The lowest BCUT2D eigenvalue weighted by Gasteiger charge is -2.03. The third kappa shape index (κ3) is 1.46. The molecule has 0 unspecified atom stereocenters. The third-order valence-corrected chi connectivity index (χ3v) is 1.33. The lowest BCUT2D eigenvalue weighted by molar-refractivity contribution is 0.587. The molecule has 0 aliphatic rings. The minimum absolute atomic E-state index is 0.296. The van der Waals surface area contributed by atoms with Gasteiger partial charge in [0.05, 0.1) is 0 Å². The van der Waals surface area contributed by atoms with Crippen molar-refractivity contribution < 1.29 is 8.78 Å². The average Bonchev–Trinajstić information content (AvgIpc) is 1.85. The summed E-state index contributed by atoms with van der Waals surface area (Å²) < 4.78 is 25.5. The van der Waals surface area contributed by atoms with Gasteiger partial charge in [0.2, 0.25) is 0 Å². The summed E-state index contributed by atoms with van der Waals surface area (Å²) in [5, 5.41) is 0. The van der Waals surface area contributed by atoms with Gasteiger partial charge in [-0.3, -0.25) is 5.84 Å². The molecule has 0 aromatic heterocycles. The van der Waals surface area contributed by atoms with Crippen LogP contribution in [0, 0.1) is 18.6 Å². The highest BCUT2D eigenvalue weighted by Crippen LogP contribution is 2.18. The standard InChI is InChI=1S/C7H8F2N2/c1-4-2-5(8)7(11-10)6(9)3-4/h2-3,11H,10H2,1H3. The molecule has 0 amide bonds. The number of rotatable bonds is 1. The second kappa shape index (κ2) is 2.84. The summed E-state index contributed by atoms with van der Waals surface area (Å²) in [6.07, 6.45) is 0. The van der Waals surface area contributed by atoms with Gasteiger partial charge in [0.15, 0.2) is 11.6 Å². The van der Waals surface area contributed by atoms with E-state index in [2.05, 4.69) is 0 Å². The molecule has 3 N–H and O–H groups in total. The Balaban J connectivity index is 3.25. The van der Waals surface area contributed by atoms with E-state index in [0.717, 1.165) is 0 Å². The Kier molecular flexibility index (Phi) is 2.05. The molecular formula is C7H8F2N2. The highest BCUT2D eigenvalue weighted by molar-refractivity contribution is 5.46. The molecule has 4 heteroatoms. The van der Waals surface area contributed by atoms with Crippen LogP contribution in [-0.4, -0.2) is 0 Å². The second-order valence-corrected chi connectivity index (χ2v) is 2.25. The van der Waals surface area contributed by atoms with E-state index in [9.17, 15) is 8.78 Å². The van der Waals surface area contributed by atoms with Gasteiger partial charge in [0.1, 0.15) is 5.69 Å². The second-order valence-electron chi connectivity index (χ2n) is 2.25. The van der Waals surface area contributed by atoms with Gasteiger partial charge in [-0.1, -0.05) is 0 Å². The molecule has 1 rings (SSSR count). The van der Waals surface area contributed by atoms with E-state index in [1.54, 1.807) is 6.92 Å². The number of nitrogens with two attached hydrogens (primary N) is 1. The van der Waals surface area contributed by atoms with Gasteiger partial charge < -0.3 is 5.43 Å². The molecule has 2 nitrogen and oxygen atoms in total. The third-order valence-electron chi connectivity index (χ3n) is 1.33. The van der Waals surface area contributed by atoms with Crippen LogP contribution in [0.25, 0.3) is 0 Å². The first kappa shape index (κ1) is 7.94. The predicted octanol–water partition coefficient (Wildman–Crippen LogP) is 1.56. The SMILES string of the molecule is Cc1cc(F)c(NN)c(F)c1. The lowest BCUT2D eigenvalue weighted by Crippen LogP contribution is -2.10. The number of nitrogens with one attached hydrogen (secondary N) is 1. The van der Waals surface area contributed by atoms with E-state index in [1.165, 1.54) is 12.1 Å². The van der Waals surface area contributed by atoms with Crippen molar-refractivity contribution in [1.82, 2.24) is 0 Å². The topological polar surface area (TPSA) is 38.0 Å². The Bertz CT molecular complexity index is 250. The van der Waals surface area contributed by atoms with E-state index in [-0.39, 0.29) is 5.69 Å². The minimum atomic E-state index is -0.676. The van der Waals surface area contributed by atoms with E-state index >= 15 is 0 Å². The molecule has 0 saturated carbocycles. The van der Waals surface area contributed by atoms with Crippen LogP contribution in [0.3, 0.4) is 0 Å². The fourth-order valence-electron chi connectivity index (χ4n) is 0.838. The molecule has 0 fully saturated rings. The molecule has 60 valence electrons. The fraction of sp³-hybridized carbons (Fsp3) is 0.143. The highest BCUT2D eigenvalue weighted by Gasteiger charge is 2.06. The summed E-state index contributed by atoms with van der Waals surface area (Å²) >= 11 is 0. The normalized spacial score (nSPS) is 9.82. The lowest BCUT2D eigenvalue weighted by atomic mass is 10.2. The van der Waals surface area contributed by atoms with E-state index in [1.807, 2.05) is 5.43 Å². The van der Waals surface area contributed by atoms with Crippen molar-refractivity contribution in [1.29, 1.82) is 0 Å². The van der Waals surface area contributed by atoms with Gasteiger partial charge in [0.25, 0.3) is 0 Å². The molecule has 0 aliphatic carbocycles. The molecule has 0 atom stereocenters. The molecule has 0 aliphatic heterocycles. The summed E-state index contributed by atoms with van der Waals surface area (Å²) in [4.78, 5) is 0. The Morgan fingerprint density at radius 1 is 1.27 bits per heavy atom. The van der Waals surface area contributed by atoms with Gasteiger partial charge in [0, 0.05) is 0 Å². The number of hydrazine groups is 1. The number of anilines is 1. The van der Waals surface area contributed by atoms with Gasteiger partial charge in [-0.25, -0.2) is 8.78 Å². The maximum absolute atomic E-state index is 12.7. The van der Waals surface area contributed by atoms with Crippen molar-refractivity contribution in [3.8, 4) is 0 Å². The van der Waals surface area contributed by atoms with Crippen molar-refractivity contribution in [3.63, 3.8) is 0 Å². The molecule has 0 radical (unpaired) electrons. The molecule has 1 aromatic rings. The maximum Gasteiger partial charge on any atom is 0.150 e. The first-order valence-corrected chi connectivity index (χ1v) is 3.07.